The molecular formula is C16H15N3OS2. The van der Waals surface area contributed by atoms with E-state index in [1.807, 2.05) is 37.4 Å². The number of nitrogens with zero attached hydrogens (tertiary/aromatic N) is 3. The Balaban J connectivity index is 1.69. The Morgan fingerprint density at radius 2 is 2.05 bits per heavy atom. The summed E-state index contributed by atoms with van der Waals surface area (Å²) in [6.07, 6.45) is 2.42. The summed E-state index contributed by atoms with van der Waals surface area (Å²) in [4.78, 5) is 26.4. The molecule has 4 nitrogen and oxygen atoms in total. The van der Waals surface area contributed by atoms with Gasteiger partial charge in [0.25, 0.3) is 0 Å². The van der Waals surface area contributed by atoms with Gasteiger partial charge >= 0.3 is 0 Å². The molecule has 0 aliphatic rings. The smallest absolute Gasteiger partial charge is 0.145 e. The highest BCUT2D eigenvalue weighted by atomic mass is 32.1. The van der Waals surface area contributed by atoms with Gasteiger partial charge in [-0.1, -0.05) is 6.07 Å². The zero-order chi connectivity index (χ0) is 15.5. The van der Waals surface area contributed by atoms with E-state index in [0.29, 0.717) is 12.8 Å². The standard InChI is InChI=1S/C16H15N3OS2/c1-10-16(22-11(2)18-10)14-9-21-15(19-14)8-13(20)7-12-5-3-4-6-17-12/h3-6,9H,7-8H2,1-2H3. The Kier molecular flexibility index (Phi) is 4.40. The van der Waals surface area contributed by atoms with Crippen molar-refractivity contribution < 1.29 is 4.79 Å². The molecule has 112 valence electrons. The van der Waals surface area contributed by atoms with Crippen LogP contribution in [0.4, 0.5) is 0 Å². The molecule has 3 aromatic heterocycles. The lowest BCUT2D eigenvalue weighted by Crippen LogP contribution is -2.07. The molecule has 0 spiro atoms. The normalized spacial score (nSPS) is 10.8. The van der Waals surface area contributed by atoms with Crippen LogP contribution in [0.2, 0.25) is 0 Å². The maximum absolute atomic E-state index is 12.1. The van der Waals surface area contributed by atoms with Crippen LogP contribution in [0.15, 0.2) is 29.8 Å². The van der Waals surface area contributed by atoms with E-state index in [0.717, 1.165) is 32.0 Å². The molecule has 0 aliphatic carbocycles. The number of aromatic nitrogens is 3. The van der Waals surface area contributed by atoms with Crippen molar-refractivity contribution in [3.05, 3.63) is 51.2 Å². The average molecular weight is 329 g/mol. The molecule has 0 saturated heterocycles. The molecule has 0 atom stereocenters. The third-order valence-corrected chi connectivity index (χ3v) is 5.08. The quantitative estimate of drug-likeness (QED) is 0.717. The van der Waals surface area contributed by atoms with Crippen LogP contribution < -0.4 is 0 Å². The van der Waals surface area contributed by atoms with Crippen LogP contribution in [0.5, 0.6) is 0 Å². The van der Waals surface area contributed by atoms with Gasteiger partial charge in [-0.3, -0.25) is 9.78 Å². The largest absolute Gasteiger partial charge is 0.299 e. The van der Waals surface area contributed by atoms with Crippen LogP contribution in [0, 0.1) is 13.8 Å². The molecule has 0 unspecified atom stereocenters. The van der Waals surface area contributed by atoms with E-state index in [2.05, 4.69) is 15.0 Å². The van der Waals surface area contributed by atoms with Gasteiger partial charge in [0.2, 0.25) is 0 Å². The highest BCUT2D eigenvalue weighted by Gasteiger charge is 2.13. The summed E-state index contributed by atoms with van der Waals surface area (Å²) in [5, 5.41) is 3.89. The second kappa shape index (κ2) is 6.46. The molecule has 0 bridgehead atoms. The first-order chi connectivity index (χ1) is 10.6. The van der Waals surface area contributed by atoms with Crippen LogP contribution >= 0.6 is 22.7 Å². The monoisotopic (exact) mass is 329 g/mol. The van der Waals surface area contributed by atoms with Crippen LogP contribution in [0.1, 0.15) is 21.4 Å². The average Bonchev–Trinajstić information content (AvgIpc) is 3.06. The molecule has 22 heavy (non-hydrogen) atoms. The van der Waals surface area contributed by atoms with Gasteiger partial charge in [-0.05, 0) is 26.0 Å². The third kappa shape index (κ3) is 3.45. The molecule has 3 rings (SSSR count). The first-order valence-electron chi connectivity index (χ1n) is 6.92. The molecule has 0 saturated carbocycles. The van der Waals surface area contributed by atoms with E-state index in [4.69, 9.17) is 0 Å². The molecule has 6 heteroatoms. The first kappa shape index (κ1) is 15.0. The summed E-state index contributed by atoms with van der Waals surface area (Å²) in [7, 11) is 0. The van der Waals surface area contributed by atoms with E-state index in [1.165, 1.54) is 11.3 Å². The molecule has 0 N–H and O–H groups in total. The fraction of sp³-hybridized carbons (Fsp3) is 0.250. The maximum Gasteiger partial charge on any atom is 0.145 e. The lowest BCUT2D eigenvalue weighted by Gasteiger charge is -1.98. The third-order valence-electron chi connectivity index (χ3n) is 3.14. The molecule has 0 radical (unpaired) electrons. The number of aryl methyl sites for hydroxylation is 2. The summed E-state index contributed by atoms with van der Waals surface area (Å²) < 4.78 is 0. The van der Waals surface area contributed by atoms with Crippen molar-refractivity contribution in [2.75, 3.05) is 0 Å². The van der Waals surface area contributed by atoms with Crippen LogP contribution in [-0.2, 0) is 17.6 Å². The lowest BCUT2D eigenvalue weighted by atomic mass is 10.1. The maximum atomic E-state index is 12.1. The Morgan fingerprint density at radius 3 is 2.73 bits per heavy atom. The zero-order valence-electron chi connectivity index (χ0n) is 12.4. The van der Waals surface area contributed by atoms with Crippen LogP contribution in [-0.4, -0.2) is 20.7 Å². The molecular weight excluding hydrogens is 314 g/mol. The minimum Gasteiger partial charge on any atom is -0.299 e. The van der Waals surface area contributed by atoms with Gasteiger partial charge in [0, 0.05) is 23.7 Å². The number of hydrogen-bond acceptors (Lipinski definition) is 6. The number of ketones is 1. The van der Waals surface area contributed by atoms with Crippen LogP contribution in [0.25, 0.3) is 10.6 Å². The fourth-order valence-corrected chi connectivity index (χ4v) is 3.97. The Bertz CT molecular complexity index is 793. The fourth-order valence-electron chi connectivity index (χ4n) is 2.20. The summed E-state index contributed by atoms with van der Waals surface area (Å²) in [6.45, 7) is 3.98. The van der Waals surface area contributed by atoms with Crippen LogP contribution in [0.3, 0.4) is 0 Å². The Labute approximate surface area is 136 Å². The zero-order valence-corrected chi connectivity index (χ0v) is 14.0. The van der Waals surface area contributed by atoms with Crippen molar-refractivity contribution in [1.29, 1.82) is 0 Å². The molecule has 0 aliphatic heterocycles. The number of carbonyl (C=O) groups excluding carboxylic acids is 1. The topological polar surface area (TPSA) is 55.7 Å². The van der Waals surface area contributed by atoms with E-state index in [9.17, 15) is 4.79 Å². The minimum absolute atomic E-state index is 0.136. The van der Waals surface area contributed by atoms with Crippen molar-refractivity contribution in [2.24, 2.45) is 0 Å². The number of hydrogen-bond donors (Lipinski definition) is 0. The lowest BCUT2D eigenvalue weighted by molar-refractivity contribution is -0.117. The number of rotatable bonds is 5. The van der Waals surface area contributed by atoms with Gasteiger partial charge in [-0.2, -0.15) is 0 Å². The molecule has 0 amide bonds. The van der Waals surface area contributed by atoms with Gasteiger partial charge in [0.05, 0.1) is 27.7 Å². The van der Waals surface area contributed by atoms with Crippen molar-refractivity contribution >= 4 is 28.5 Å². The van der Waals surface area contributed by atoms with E-state index < -0.39 is 0 Å². The molecule has 0 aromatic carbocycles. The predicted octanol–water partition coefficient (Wildman–Crippen LogP) is 3.63. The van der Waals surface area contributed by atoms with E-state index in [1.54, 1.807) is 17.5 Å². The van der Waals surface area contributed by atoms with E-state index in [-0.39, 0.29) is 5.78 Å². The van der Waals surface area contributed by atoms with E-state index >= 15 is 0 Å². The first-order valence-corrected chi connectivity index (χ1v) is 8.62. The minimum atomic E-state index is 0.136. The number of Topliss-reactive ketones (excluding diaryl/α,β-unsaturated/α-hetero) is 1. The van der Waals surface area contributed by atoms with Crippen molar-refractivity contribution in [1.82, 2.24) is 15.0 Å². The van der Waals surface area contributed by atoms with Gasteiger partial charge in [-0.15, -0.1) is 22.7 Å². The summed E-state index contributed by atoms with van der Waals surface area (Å²) in [5.41, 5.74) is 2.73. The second-order valence-corrected chi connectivity index (χ2v) is 7.13. The van der Waals surface area contributed by atoms with Crippen molar-refractivity contribution in [2.45, 2.75) is 26.7 Å². The summed E-state index contributed by atoms with van der Waals surface area (Å²) in [6, 6.07) is 5.61. The highest BCUT2D eigenvalue weighted by Crippen LogP contribution is 2.30. The molecule has 3 aromatic rings. The van der Waals surface area contributed by atoms with Gasteiger partial charge in [0.1, 0.15) is 10.8 Å². The number of thiazole rings is 2. The molecule has 0 fully saturated rings. The van der Waals surface area contributed by atoms with Crippen molar-refractivity contribution in [3.63, 3.8) is 0 Å². The second-order valence-electron chi connectivity index (χ2n) is 4.99. The van der Waals surface area contributed by atoms with Gasteiger partial charge in [0.15, 0.2) is 0 Å². The summed E-state index contributed by atoms with van der Waals surface area (Å²) in [5.74, 6) is 0.136. The Hall–Kier alpha value is -1.92. The van der Waals surface area contributed by atoms with Crippen molar-refractivity contribution in [3.8, 4) is 10.6 Å². The number of carbonyl (C=O) groups is 1. The SMILES string of the molecule is Cc1nc(C)c(-c2csc(CC(=O)Cc3ccccn3)n2)s1. The highest BCUT2D eigenvalue weighted by molar-refractivity contribution is 7.16. The predicted molar refractivity (Wildman–Crippen MR) is 89.3 cm³/mol. The van der Waals surface area contributed by atoms with Gasteiger partial charge < -0.3 is 0 Å². The summed E-state index contributed by atoms with van der Waals surface area (Å²) >= 11 is 3.17. The van der Waals surface area contributed by atoms with Gasteiger partial charge in [-0.25, -0.2) is 9.97 Å². The molecule has 3 heterocycles. The Morgan fingerprint density at radius 1 is 1.18 bits per heavy atom. The number of pyridine rings is 1.